The van der Waals surface area contributed by atoms with Gasteiger partial charge in [-0.05, 0) is 36.8 Å². The highest BCUT2D eigenvalue weighted by Crippen LogP contribution is 2.28. The fourth-order valence-corrected chi connectivity index (χ4v) is 1.91. The van der Waals surface area contributed by atoms with E-state index in [-0.39, 0.29) is 11.1 Å². The number of esters is 1. The van der Waals surface area contributed by atoms with Crippen LogP contribution >= 0.6 is 0 Å². The van der Waals surface area contributed by atoms with Gasteiger partial charge in [0.05, 0.1) is 11.1 Å². The van der Waals surface area contributed by atoms with Crippen LogP contribution in [0.25, 0.3) is 5.83 Å². The van der Waals surface area contributed by atoms with E-state index in [1.807, 2.05) is 0 Å². The van der Waals surface area contributed by atoms with E-state index < -0.39 is 46.4 Å². The lowest BCUT2D eigenvalue weighted by molar-refractivity contribution is -0.131. The van der Waals surface area contributed by atoms with E-state index in [0.717, 1.165) is 24.3 Å². The summed E-state index contributed by atoms with van der Waals surface area (Å²) < 4.78 is 72.8. The molecule has 25 heavy (non-hydrogen) atoms. The molecule has 128 valence electrons. The van der Waals surface area contributed by atoms with Gasteiger partial charge in [-0.25, -0.2) is 22.4 Å². The maximum Gasteiger partial charge on any atom is 0.375 e. The molecule has 0 fully saturated rings. The first kappa shape index (κ1) is 18.1. The van der Waals surface area contributed by atoms with Gasteiger partial charge < -0.3 is 4.74 Å². The van der Waals surface area contributed by atoms with Crippen molar-refractivity contribution in [2.24, 2.45) is 0 Å². The van der Waals surface area contributed by atoms with Crippen molar-refractivity contribution in [2.75, 3.05) is 0 Å². The van der Waals surface area contributed by atoms with Gasteiger partial charge in [-0.1, -0.05) is 0 Å². The van der Waals surface area contributed by atoms with Crippen molar-refractivity contribution >= 4 is 11.8 Å². The zero-order valence-corrected chi connectivity index (χ0v) is 12.5. The number of hydrogen-bond acceptors (Lipinski definition) is 3. The Morgan fingerprint density at radius 2 is 1.64 bits per heavy atom. The molecular weight excluding hydrogens is 345 g/mol. The maximum atomic E-state index is 13.9. The largest absolute Gasteiger partial charge is 0.421 e. The van der Waals surface area contributed by atoms with Crippen LogP contribution in [0.1, 0.15) is 16.7 Å². The van der Waals surface area contributed by atoms with Gasteiger partial charge in [-0.15, -0.1) is 0 Å². The van der Waals surface area contributed by atoms with Crippen molar-refractivity contribution in [3.63, 3.8) is 0 Å². The number of nitriles is 1. The van der Waals surface area contributed by atoms with Crippen molar-refractivity contribution in [1.29, 1.82) is 5.26 Å². The highest BCUT2D eigenvalue weighted by Gasteiger charge is 2.25. The first-order valence-corrected chi connectivity index (χ1v) is 6.67. The van der Waals surface area contributed by atoms with Crippen LogP contribution in [0.3, 0.4) is 0 Å². The zero-order chi connectivity index (χ0) is 18.7. The predicted octanol–water partition coefficient (Wildman–Crippen LogP) is 4.50. The number of nitrogens with zero attached hydrogens (tertiary/aromatic N) is 1. The van der Waals surface area contributed by atoms with Crippen LogP contribution in [0.4, 0.5) is 22.0 Å². The monoisotopic (exact) mass is 353 g/mol. The van der Waals surface area contributed by atoms with E-state index in [1.165, 1.54) is 13.0 Å². The molecule has 0 saturated carbocycles. The van der Waals surface area contributed by atoms with Crippen LogP contribution in [0.15, 0.2) is 36.2 Å². The molecule has 0 heterocycles. The number of rotatable bonds is 3. The van der Waals surface area contributed by atoms with Crippen LogP contribution in [-0.4, -0.2) is 5.97 Å². The van der Waals surface area contributed by atoms with Gasteiger partial charge in [0.2, 0.25) is 5.83 Å². The second kappa shape index (κ2) is 7.13. The summed E-state index contributed by atoms with van der Waals surface area (Å²) in [6.45, 7) is 1.33. The Bertz CT molecular complexity index is 908. The third-order valence-corrected chi connectivity index (χ3v) is 3.05. The Morgan fingerprint density at radius 1 is 1.04 bits per heavy atom. The minimum Gasteiger partial charge on any atom is -0.421 e. The predicted molar refractivity (Wildman–Crippen MR) is 77.0 cm³/mol. The third kappa shape index (κ3) is 3.83. The minimum atomic E-state index is -2.19. The van der Waals surface area contributed by atoms with E-state index in [9.17, 15) is 26.7 Å². The van der Waals surface area contributed by atoms with Gasteiger partial charge in [0.25, 0.3) is 0 Å². The van der Waals surface area contributed by atoms with Crippen molar-refractivity contribution in [3.8, 4) is 11.8 Å². The normalized spacial score (nSPS) is 11.6. The number of carbonyl (C=O) groups is 1. The number of carbonyl (C=O) groups excluding carboxylic acids is 1. The lowest BCUT2D eigenvalue weighted by Crippen LogP contribution is -2.10. The molecule has 0 spiro atoms. The number of hydrogen-bond donors (Lipinski definition) is 0. The van der Waals surface area contributed by atoms with Crippen LogP contribution < -0.4 is 4.74 Å². The van der Waals surface area contributed by atoms with Gasteiger partial charge in [-0.3, -0.25) is 0 Å². The lowest BCUT2D eigenvalue weighted by Gasteiger charge is -2.07. The Morgan fingerprint density at radius 3 is 2.16 bits per heavy atom. The summed E-state index contributed by atoms with van der Waals surface area (Å²) in [4.78, 5) is 11.6. The lowest BCUT2D eigenvalue weighted by atomic mass is 10.1. The Labute approximate surface area is 138 Å². The highest BCUT2D eigenvalue weighted by molar-refractivity contribution is 5.95. The second-order valence-electron chi connectivity index (χ2n) is 4.87. The van der Waals surface area contributed by atoms with Crippen LogP contribution in [0.2, 0.25) is 0 Å². The fourth-order valence-electron chi connectivity index (χ4n) is 1.91. The Balaban J connectivity index is 2.34. The molecular formula is C17H8F5NO2. The summed E-state index contributed by atoms with van der Waals surface area (Å²) >= 11 is 0. The number of benzene rings is 2. The van der Waals surface area contributed by atoms with Crippen LogP contribution in [0, 0.1) is 35.7 Å². The van der Waals surface area contributed by atoms with Crippen LogP contribution in [-0.2, 0) is 4.79 Å². The van der Waals surface area contributed by atoms with Crippen molar-refractivity contribution in [1.82, 2.24) is 0 Å². The number of ether oxygens (including phenoxy) is 1. The Kier molecular flexibility index (Phi) is 5.17. The molecule has 0 atom stereocenters. The van der Waals surface area contributed by atoms with Crippen molar-refractivity contribution < 1.29 is 31.5 Å². The summed E-state index contributed by atoms with van der Waals surface area (Å²) in [6, 6.07) is 5.56. The SMILES string of the molecule is Cc1cc(F)c(/C(F)=C(\F)C(=O)Oc2ccc(C#N)c(F)c2)c(F)c1. The Hall–Kier alpha value is -3.21. The van der Waals surface area contributed by atoms with Gasteiger partial charge in [0.15, 0.2) is 5.83 Å². The van der Waals surface area contributed by atoms with Gasteiger partial charge in [0.1, 0.15) is 29.3 Å². The smallest absolute Gasteiger partial charge is 0.375 e. The van der Waals surface area contributed by atoms with E-state index >= 15 is 0 Å². The molecule has 2 aromatic rings. The summed E-state index contributed by atoms with van der Waals surface area (Å²) in [5.74, 6) is -10.6. The average Bonchev–Trinajstić information content (AvgIpc) is 2.53. The van der Waals surface area contributed by atoms with E-state index in [2.05, 4.69) is 4.74 Å². The molecule has 2 aromatic carbocycles. The van der Waals surface area contributed by atoms with Crippen molar-refractivity contribution in [2.45, 2.75) is 6.92 Å². The first-order chi connectivity index (χ1) is 11.7. The molecule has 0 aliphatic carbocycles. The van der Waals surface area contributed by atoms with Crippen LogP contribution in [0.5, 0.6) is 5.75 Å². The molecule has 0 aromatic heterocycles. The molecule has 0 unspecified atom stereocenters. The van der Waals surface area contributed by atoms with Crippen molar-refractivity contribution in [3.05, 3.63) is 70.3 Å². The molecule has 0 aliphatic rings. The molecule has 0 aliphatic heterocycles. The van der Waals surface area contributed by atoms with E-state index in [1.54, 1.807) is 0 Å². The van der Waals surface area contributed by atoms with E-state index in [0.29, 0.717) is 6.07 Å². The molecule has 0 bridgehead atoms. The van der Waals surface area contributed by atoms with E-state index in [4.69, 9.17) is 5.26 Å². The summed E-state index contributed by atoms with van der Waals surface area (Å²) in [5.41, 5.74) is -1.58. The summed E-state index contributed by atoms with van der Waals surface area (Å²) in [5, 5.41) is 8.56. The molecule has 0 radical (unpaired) electrons. The fraction of sp³-hybridized carbons (Fsp3) is 0.0588. The van der Waals surface area contributed by atoms with Gasteiger partial charge in [-0.2, -0.15) is 9.65 Å². The summed E-state index contributed by atoms with van der Waals surface area (Å²) in [7, 11) is 0. The maximum absolute atomic E-state index is 13.9. The molecule has 0 amide bonds. The standard InChI is InChI=1S/C17H8F5NO2/c1-8-4-12(19)14(13(20)5-8)15(21)16(22)17(24)25-10-3-2-9(7-23)11(18)6-10/h2-6H,1H3/b16-15+. The minimum absolute atomic E-state index is 0.127. The number of aryl methyl sites for hydroxylation is 1. The third-order valence-electron chi connectivity index (χ3n) is 3.05. The quantitative estimate of drug-likeness (QED) is 0.353. The molecule has 0 N–H and O–H groups in total. The van der Waals surface area contributed by atoms with Gasteiger partial charge in [0, 0.05) is 6.07 Å². The van der Waals surface area contributed by atoms with Gasteiger partial charge >= 0.3 is 5.97 Å². The topological polar surface area (TPSA) is 50.1 Å². The molecule has 8 heteroatoms. The number of halogens is 5. The highest BCUT2D eigenvalue weighted by atomic mass is 19.2. The second-order valence-corrected chi connectivity index (χ2v) is 4.87. The zero-order valence-electron chi connectivity index (χ0n) is 12.5. The average molecular weight is 353 g/mol. The summed E-state index contributed by atoms with van der Waals surface area (Å²) in [6.07, 6.45) is 0. The molecule has 2 rings (SSSR count). The molecule has 3 nitrogen and oxygen atoms in total. The molecule has 0 saturated heterocycles. The first-order valence-electron chi connectivity index (χ1n) is 6.67.